The first kappa shape index (κ1) is 19.1. The molecule has 0 aliphatic rings. The Balaban J connectivity index is 2.56. The van der Waals surface area contributed by atoms with Gasteiger partial charge in [-0.25, -0.2) is 9.59 Å². The van der Waals surface area contributed by atoms with Crippen molar-refractivity contribution in [3.63, 3.8) is 0 Å². The summed E-state index contributed by atoms with van der Waals surface area (Å²) in [7, 11) is 1.26. The Morgan fingerprint density at radius 3 is 2.33 bits per heavy atom. The lowest BCUT2D eigenvalue weighted by Gasteiger charge is -2.19. The molecule has 0 unspecified atom stereocenters. The maximum Gasteiger partial charge on any atom is 0.410 e. The number of carboxylic acids is 1. The van der Waals surface area contributed by atoms with Gasteiger partial charge in [0.25, 0.3) is 0 Å². The molecule has 0 spiro atoms. The van der Waals surface area contributed by atoms with Gasteiger partial charge in [0.2, 0.25) is 6.10 Å². The molecule has 1 amide bonds. The summed E-state index contributed by atoms with van der Waals surface area (Å²) in [6.07, 6.45) is -2.35. The standard InChI is InChI=1S/C16H19NO7/c1-11(18)10-23-14(19)9-17(2)16(22)24-13(15(20)21)8-12-6-4-3-5-7-12/h3-7,13H,8-10H2,1-2H3,(H,20,21)/t13-/m0/s1. The highest BCUT2D eigenvalue weighted by Gasteiger charge is 2.25. The lowest BCUT2D eigenvalue weighted by atomic mass is 10.1. The van der Waals surface area contributed by atoms with Crippen LogP contribution in [-0.4, -0.2) is 60.1 Å². The summed E-state index contributed by atoms with van der Waals surface area (Å²) >= 11 is 0. The van der Waals surface area contributed by atoms with Gasteiger partial charge in [-0.3, -0.25) is 9.59 Å². The lowest BCUT2D eigenvalue weighted by Crippen LogP contribution is -2.38. The zero-order valence-corrected chi connectivity index (χ0v) is 13.4. The fourth-order valence-electron chi connectivity index (χ4n) is 1.71. The van der Waals surface area contributed by atoms with Gasteiger partial charge >= 0.3 is 18.0 Å². The van der Waals surface area contributed by atoms with Gasteiger partial charge in [0.05, 0.1) is 0 Å². The molecular formula is C16H19NO7. The van der Waals surface area contributed by atoms with Gasteiger partial charge in [-0.2, -0.15) is 0 Å². The van der Waals surface area contributed by atoms with Gasteiger partial charge < -0.3 is 19.5 Å². The molecule has 0 saturated heterocycles. The predicted octanol–water partition coefficient (Wildman–Crippen LogP) is 0.883. The van der Waals surface area contributed by atoms with E-state index in [9.17, 15) is 19.2 Å². The Kier molecular flexibility index (Phi) is 7.41. The first-order valence-corrected chi connectivity index (χ1v) is 7.13. The minimum absolute atomic E-state index is 0.00450. The molecule has 1 rings (SSSR count). The Morgan fingerprint density at radius 1 is 1.17 bits per heavy atom. The summed E-state index contributed by atoms with van der Waals surface area (Å²) in [6, 6.07) is 8.70. The Labute approximate surface area is 139 Å². The van der Waals surface area contributed by atoms with Crippen LogP contribution in [0.25, 0.3) is 0 Å². The number of ether oxygens (including phenoxy) is 2. The fourth-order valence-corrected chi connectivity index (χ4v) is 1.71. The third-order valence-corrected chi connectivity index (χ3v) is 2.90. The van der Waals surface area contributed by atoms with Crippen LogP contribution >= 0.6 is 0 Å². The molecule has 0 heterocycles. The molecule has 0 radical (unpaired) electrons. The topological polar surface area (TPSA) is 110 Å². The SMILES string of the molecule is CC(=O)COC(=O)CN(C)C(=O)O[C@@H](Cc1ccccc1)C(=O)O. The van der Waals surface area contributed by atoms with Crippen molar-refractivity contribution in [3.05, 3.63) is 35.9 Å². The van der Waals surface area contributed by atoms with E-state index in [1.807, 2.05) is 0 Å². The molecule has 24 heavy (non-hydrogen) atoms. The number of esters is 1. The van der Waals surface area contributed by atoms with E-state index in [4.69, 9.17) is 9.84 Å². The van der Waals surface area contributed by atoms with Crippen molar-refractivity contribution in [2.24, 2.45) is 0 Å². The van der Waals surface area contributed by atoms with Crippen LogP contribution in [0.15, 0.2) is 30.3 Å². The first-order valence-electron chi connectivity index (χ1n) is 7.13. The zero-order chi connectivity index (χ0) is 18.1. The quantitative estimate of drug-likeness (QED) is 0.701. The van der Waals surface area contributed by atoms with Crippen LogP contribution in [0, 0.1) is 0 Å². The number of hydrogen-bond acceptors (Lipinski definition) is 6. The molecule has 0 aliphatic heterocycles. The second kappa shape index (κ2) is 9.29. The zero-order valence-electron chi connectivity index (χ0n) is 13.4. The van der Waals surface area contributed by atoms with Crippen molar-refractivity contribution >= 4 is 23.8 Å². The molecule has 1 aromatic carbocycles. The van der Waals surface area contributed by atoms with E-state index in [2.05, 4.69) is 4.74 Å². The van der Waals surface area contributed by atoms with E-state index in [0.717, 1.165) is 4.90 Å². The third-order valence-electron chi connectivity index (χ3n) is 2.90. The smallest absolute Gasteiger partial charge is 0.410 e. The molecule has 0 aliphatic carbocycles. The molecule has 0 saturated carbocycles. The normalized spacial score (nSPS) is 11.2. The number of likely N-dealkylation sites (N-methyl/N-ethyl adjacent to an activating group) is 1. The van der Waals surface area contributed by atoms with Crippen LogP contribution < -0.4 is 0 Å². The van der Waals surface area contributed by atoms with Gasteiger partial charge in [0, 0.05) is 13.5 Å². The number of carbonyl (C=O) groups excluding carboxylic acids is 3. The number of rotatable bonds is 8. The van der Waals surface area contributed by atoms with Gasteiger partial charge in [-0.1, -0.05) is 30.3 Å². The predicted molar refractivity (Wildman–Crippen MR) is 82.3 cm³/mol. The highest BCUT2D eigenvalue weighted by Crippen LogP contribution is 2.08. The second-order valence-corrected chi connectivity index (χ2v) is 5.12. The van der Waals surface area contributed by atoms with Gasteiger partial charge in [-0.05, 0) is 12.5 Å². The third kappa shape index (κ3) is 6.91. The highest BCUT2D eigenvalue weighted by molar-refractivity contribution is 5.83. The molecule has 0 bridgehead atoms. The van der Waals surface area contributed by atoms with Crippen LogP contribution in [0.1, 0.15) is 12.5 Å². The average molecular weight is 337 g/mol. The maximum atomic E-state index is 11.9. The Hall–Kier alpha value is -2.90. The van der Waals surface area contributed by atoms with Gasteiger partial charge in [-0.15, -0.1) is 0 Å². The number of ketones is 1. The van der Waals surface area contributed by atoms with Crippen LogP contribution in [0.5, 0.6) is 0 Å². The number of aliphatic carboxylic acids is 1. The van der Waals surface area contributed by atoms with Crippen molar-refractivity contribution < 1.29 is 33.8 Å². The van der Waals surface area contributed by atoms with E-state index >= 15 is 0 Å². The second-order valence-electron chi connectivity index (χ2n) is 5.12. The van der Waals surface area contributed by atoms with E-state index in [1.165, 1.54) is 14.0 Å². The number of benzene rings is 1. The maximum absolute atomic E-state index is 11.9. The van der Waals surface area contributed by atoms with Crippen LogP contribution in [0.2, 0.25) is 0 Å². The number of hydrogen-bond donors (Lipinski definition) is 1. The fraction of sp³-hybridized carbons (Fsp3) is 0.375. The van der Waals surface area contributed by atoms with Crippen molar-refractivity contribution in [2.75, 3.05) is 20.2 Å². The van der Waals surface area contributed by atoms with Crippen molar-refractivity contribution in [2.45, 2.75) is 19.4 Å². The molecule has 1 atom stereocenters. The largest absolute Gasteiger partial charge is 0.478 e. The van der Waals surface area contributed by atoms with Gasteiger partial charge in [0.15, 0.2) is 5.78 Å². The highest BCUT2D eigenvalue weighted by atomic mass is 16.6. The van der Waals surface area contributed by atoms with E-state index < -0.39 is 30.7 Å². The van der Waals surface area contributed by atoms with E-state index in [-0.39, 0.29) is 18.8 Å². The molecule has 130 valence electrons. The summed E-state index contributed by atoms with van der Waals surface area (Å²) in [4.78, 5) is 46.1. The Morgan fingerprint density at radius 2 is 1.79 bits per heavy atom. The van der Waals surface area contributed by atoms with Crippen molar-refractivity contribution in [1.29, 1.82) is 0 Å². The summed E-state index contributed by atoms with van der Waals surface area (Å²) < 4.78 is 9.53. The molecule has 8 heteroatoms. The number of amides is 1. The van der Waals surface area contributed by atoms with Crippen LogP contribution in [0.4, 0.5) is 4.79 Å². The van der Waals surface area contributed by atoms with Gasteiger partial charge in [0.1, 0.15) is 13.2 Å². The van der Waals surface area contributed by atoms with Crippen molar-refractivity contribution in [1.82, 2.24) is 4.90 Å². The number of carbonyl (C=O) groups is 4. The molecule has 0 aromatic heterocycles. The minimum atomic E-state index is -1.38. The molecule has 1 aromatic rings. The minimum Gasteiger partial charge on any atom is -0.478 e. The number of nitrogens with zero attached hydrogens (tertiary/aromatic N) is 1. The van der Waals surface area contributed by atoms with Crippen molar-refractivity contribution in [3.8, 4) is 0 Å². The van der Waals surface area contributed by atoms with E-state index in [0.29, 0.717) is 5.56 Å². The number of carboxylic acid groups (broad SMARTS) is 1. The molecular weight excluding hydrogens is 318 g/mol. The summed E-state index contributed by atoms with van der Waals surface area (Å²) in [6.45, 7) is 0.420. The summed E-state index contributed by atoms with van der Waals surface area (Å²) in [5.41, 5.74) is 0.696. The number of Topliss-reactive ketones (excluding diaryl/α,β-unsaturated/α-hetero) is 1. The monoisotopic (exact) mass is 337 g/mol. The Bertz CT molecular complexity index is 600. The summed E-state index contributed by atoms with van der Waals surface area (Å²) in [5, 5.41) is 9.17. The first-order chi connectivity index (χ1) is 11.3. The molecule has 0 fully saturated rings. The average Bonchev–Trinajstić information content (AvgIpc) is 2.53. The van der Waals surface area contributed by atoms with Crippen LogP contribution in [-0.2, 0) is 30.3 Å². The summed E-state index contributed by atoms with van der Waals surface area (Å²) in [5.74, 6) is -2.42. The van der Waals surface area contributed by atoms with E-state index in [1.54, 1.807) is 30.3 Å². The lowest BCUT2D eigenvalue weighted by molar-refractivity contribution is -0.149. The molecule has 1 N–H and O–H groups in total. The molecule has 8 nitrogen and oxygen atoms in total. The van der Waals surface area contributed by atoms with Crippen LogP contribution in [0.3, 0.4) is 0 Å².